The van der Waals surface area contributed by atoms with Gasteiger partial charge in [0.05, 0.1) is 8.60 Å². The van der Waals surface area contributed by atoms with Crippen molar-refractivity contribution >= 4 is 51.8 Å². The summed E-state index contributed by atoms with van der Waals surface area (Å²) in [6.07, 6.45) is 0. The van der Waals surface area contributed by atoms with Gasteiger partial charge >= 0.3 is 34.6 Å². The molecule has 1 unspecified atom stereocenters. The van der Waals surface area contributed by atoms with Gasteiger partial charge in [-0.05, 0) is 0 Å². The van der Waals surface area contributed by atoms with Crippen LogP contribution in [0.25, 0.3) is 0 Å². The zero-order valence-corrected chi connectivity index (χ0v) is 11.4. The molecule has 0 saturated carbocycles. The minimum absolute atomic E-state index is 0. The fourth-order valence-corrected chi connectivity index (χ4v) is 1.10. The van der Waals surface area contributed by atoms with Gasteiger partial charge in [-0.25, -0.2) is 4.31 Å². The molecular weight excluding hydrogens is 311 g/mol. The SMILES string of the molecule is OP(O)OP(O)O.[Al+3].[O-]P([O-])OP([O-])O. The Labute approximate surface area is 99.9 Å². The predicted molar refractivity (Wildman–Crippen MR) is 46.7 cm³/mol. The Balaban J connectivity index is -0.000000180. The van der Waals surface area contributed by atoms with Gasteiger partial charge < -0.3 is 43.5 Å². The van der Waals surface area contributed by atoms with Crippen LogP contribution in [0.3, 0.4) is 0 Å². The topological polar surface area (TPSA) is 189 Å². The van der Waals surface area contributed by atoms with E-state index in [4.69, 9.17) is 24.5 Å². The maximum absolute atomic E-state index is 9.35. The first-order valence-electron chi connectivity index (χ1n) is 2.28. The Kier molecular flexibility index (Phi) is 20.5. The summed E-state index contributed by atoms with van der Waals surface area (Å²) in [5, 5.41) is 0. The van der Waals surface area contributed by atoms with Gasteiger partial charge in [0.25, 0.3) is 0 Å². The summed E-state index contributed by atoms with van der Waals surface area (Å²) >= 11 is 0. The predicted octanol–water partition coefficient (Wildman–Crippen LogP) is -3.42. The molecule has 1 atom stereocenters. The molecule has 0 aromatic carbocycles. The molecule has 0 aliphatic heterocycles. The van der Waals surface area contributed by atoms with E-state index < -0.39 is 34.4 Å². The second-order valence-electron chi connectivity index (χ2n) is 1.13. The molecule has 15 heteroatoms. The number of hydrogen-bond acceptors (Lipinski definition) is 10. The molecule has 0 aromatic rings. The fraction of sp³-hybridized carbons (Fsp3) is 0. The van der Waals surface area contributed by atoms with Gasteiger partial charge in [0, 0.05) is 0 Å². The minimum atomic E-state index is -3.17. The molecule has 15 heavy (non-hydrogen) atoms. The molecule has 10 nitrogen and oxygen atoms in total. The van der Waals surface area contributed by atoms with E-state index in [1.165, 1.54) is 0 Å². The third kappa shape index (κ3) is 31.3. The summed E-state index contributed by atoms with van der Waals surface area (Å²) in [4.78, 5) is 66.8. The van der Waals surface area contributed by atoms with Gasteiger partial charge in [-0.2, -0.15) is 8.60 Å². The van der Waals surface area contributed by atoms with Crippen molar-refractivity contribution in [3.8, 4) is 0 Å². The molecule has 0 amide bonds. The van der Waals surface area contributed by atoms with Gasteiger partial charge in [0.2, 0.25) is 0 Å². The molecule has 0 aliphatic rings. The zero-order valence-electron chi connectivity index (χ0n) is 6.64. The normalized spacial score (nSPS) is 12.2. The molecule has 0 aromatic heterocycles. The molecule has 0 fully saturated rings. The first-order chi connectivity index (χ1) is 6.25. The summed E-state index contributed by atoms with van der Waals surface area (Å²) in [6.45, 7) is 0. The summed E-state index contributed by atoms with van der Waals surface area (Å²) < 4.78 is 6.87. The van der Waals surface area contributed by atoms with Gasteiger partial charge in [0.1, 0.15) is 0 Å². The van der Waals surface area contributed by atoms with Crippen molar-refractivity contribution in [2.75, 3.05) is 0 Å². The quantitative estimate of drug-likeness (QED) is 0.258. The smallest absolute Gasteiger partial charge is 0.820 e. The van der Waals surface area contributed by atoms with Crippen molar-refractivity contribution in [3.05, 3.63) is 0 Å². The zero-order chi connectivity index (χ0) is 11.7. The first kappa shape index (κ1) is 22.1. The molecule has 88 valence electrons. The molecule has 0 spiro atoms. The van der Waals surface area contributed by atoms with E-state index >= 15 is 0 Å². The van der Waals surface area contributed by atoms with Crippen molar-refractivity contribution < 1.29 is 47.8 Å². The number of hydrogen-bond donors (Lipinski definition) is 5. The first-order valence-corrected chi connectivity index (χ1v) is 6.83. The summed E-state index contributed by atoms with van der Waals surface area (Å²) in [5.41, 5.74) is 0. The minimum Gasteiger partial charge on any atom is -0.820 e. The molecule has 0 radical (unpaired) electrons. The van der Waals surface area contributed by atoms with Crippen LogP contribution in [0.2, 0.25) is 0 Å². The van der Waals surface area contributed by atoms with E-state index in [1.54, 1.807) is 0 Å². The molecule has 5 N–H and O–H groups in total. The monoisotopic (exact) mass is 316 g/mol. The van der Waals surface area contributed by atoms with E-state index in [0.29, 0.717) is 0 Å². The van der Waals surface area contributed by atoms with Gasteiger partial charge in [0.15, 0.2) is 0 Å². The van der Waals surface area contributed by atoms with E-state index in [2.05, 4.69) is 8.62 Å². The van der Waals surface area contributed by atoms with Crippen LogP contribution in [-0.2, 0) is 8.62 Å². The number of rotatable bonds is 4. The van der Waals surface area contributed by atoms with Gasteiger partial charge in [-0.1, -0.05) is 0 Å². The van der Waals surface area contributed by atoms with E-state index in [-0.39, 0.29) is 17.4 Å². The third-order valence-electron chi connectivity index (χ3n) is 0.283. The largest absolute Gasteiger partial charge is 3.00 e. The second-order valence-corrected chi connectivity index (χ2v) is 4.37. The average molecular weight is 316 g/mol. The van der Waals surface area contributed by atoms with Crippen molar-refractivity contribution in [2.24, 2.45) is 0 Å². The standard InChI is InChI=1S/Al.H4O5P2.HO5P2/c;2*1-6(2)5-7(3)4/h;1-4H;1H/q+3;;-3. The Hall–Kier alpha value is 1.85. The van der Waals surface area contributed by atoms with Crippen LogP contribution in [0.1, 0.15) is 0 Å². The average Bonchev–Trinajstić information content (AvgIpc) is 1.79. The Morgan fingerprint density at radius 1 is 0.733 bits per heavy atom. The molecule has 0 heterocycles. The van der Waals surface area contributed by atoms with Crippen molar-refractivity contribution in [2.45, 2.75) is 0 Å². The van der Waals surface area contributed by atoms with Crippen LogP contribution in [0.4, 0.5) is 0 Å². The van der Waals surface area contributed by atoms with E-state index in [0.717, 1.165) is 0 Å². The Morgan fingerprint density at radius 3 is 1.07 bits per heavy atom. The van der Waals surface area contributed by atoms with Crippen molar-refractivity contribution in [3.63, 3.8) is 0 Å². The summed E-state index contributed by atoms with van der Waals surface area (Å²) in [5.74, 6) is 0. The van der Waals surface area contributed by atoms with Crippen LogP contribution >= 0.6 is 34.4 Å². The van der Waals surface area contributed by atoms with Gasteiger partial charge in [-0.15, -0.1) is 0 Å². The van der Waals surface area contributed by atoms with Gasteiger partial charge in [-0.3, -0.25) is 0 Å². The van der Waals surface area contributed by atoms with Crippen LogP contribution in [0.5, 0.6) is 0 Å². The maximum Gasteiger partial charge on any atom is 3.00 e. The van der Waals surface area contributed by atoms with Crippen LogP contribution in [0.15, 0.2) is 0 Å². The molecule has 0 rings (SSSR count). The Morgan fingerprint density at radius 2 is 1.07 bits per heavy atom. The fourth-order valence-electron chi connectivity index (χ4n) is 0.122. The third-order valence-corrected chi connectivity index (χ3v) is 2.54. The maximum atomic E-state index is 9.35. The van der Waals surface area contributed by atoms with Crippen LogP contribution in [0, 0.1) is 0 Å². The molecule has 0 saturated heterocycles. The van der Waals surface area contributed by atoms with Crippen molar-refractivity contribution in [1.82, 2.24) is 0 Å². The van der Waals surface area contributed by atoms with E-state index in [1.807, 2.05) is 0 Å². The summed E-state index contributed by atoms with van der Waals surface area (Å²) in [6, 6.07) is 0. The molecule has 0 aliphatic carbocycles. The Bertz CT molecular complexity index is 90.0. The summed E-state index contributed by atoms with van der Waals surface area (Å²) in [7, 11) is -11.4. The second kappa shape index (κ2) is 13.9. The van der Waals surface area contributed by atoms with Crippen LogP contribution < -0.4 is 14.7 Å². The van der Waals surface area contributed by atoms with Crippen molar-refractivity contribution in [1.29, 1.82) is 0 Å². The molecular formula is H5AlO10P4. The molecule has 0 bridgehead atoms. The van der Waals surface area contributed by atoms with E-state index in [9.17, 15) is 14.7 Å². The van der Waals surface area contributed by atoms with Crippen LogP contribution in [-0.4, -0.2) is 41.8 Å².